The van der Waals surface area contributed by atoms with Gasteiger partial charge in [-0.3, -0.25) is 24.0 Å². The number of halogens is 1. The maximum Gasteiger partial charge on any atom is 0.271 e. The molecule has 0 aliphatic carbocycles. The van der Waals surface area contributed by atoms with E-state index in [-0.39, 0.29) is 24.0 Å². The van der Waals surface area contributed by atoms with E-state index in [0.717, 1.165) is 16.6 Å². The topological polar surface area (TPSA) is 130 Å². The van der Waals surface area contributed by atoms with Gasteiger partial charge in [-0.05, 0) is 44.0 Å². The van der Waals surface area contributed by atoms with Crippen LogP contribution in [0.1, 0.15) is 32.8 Å². The minimum Gasteiger partial charge on any atom is -0.352 e. The molecule has 2 aromatic carbocycles. The number of hydrogen-bond donors (Lipinski definition) is 1. The number of carbonyl (C=O) groups excluding carboxylic acids is 2. The van der Waals surface area contributed by atoms with E-state index in [1.54, 1.807) is 0 Å². The third-order valence-corrected chi connectivity index (χ3v) is 6.58. The molecule has 12 heteroatoms. The van der Waals surface area contributed by atoms with Crippen LogP contribution >= 0.6 is 0 Å². The van der Waals surface area contributed by atoms with Crippen molar-refractivity contribution in [2.45, 2.75) is 45.8 Å². The highest BCUT2D eigenvalue weighted by molar-refractivity contribution is 7.92. The first kappa shape index (κ1) is 27.7. The van der Waals surface area contributed by atoms with E-state index in [4.69, 9.17) is 0 Å². The fraction of sp³-hybridized carbons (Fsp3) is 0.391. The molecule has 2 amide bonds. The highest BCUT2D eigenvalue weighted by atomic mass is 32.2. The average Bonchev–Trinajstić information content (AvgIpc) is 2.80. The maximum atomic E-state index is 13.4. The monoisotopic (exact) mass is 508 g/mol. The number of nitrogens with one attached hydrogen (secondary N) is 1. The van der Waals surface area contributed by atoms with Crippen molar-refractivity contribution in [2.75, 3.05) is 17.1 Å². The van der Waals surface area contributed by atoms with Crippen LogP contribution in [0.3, 0.4) is 0 Å². The number of benzene rings is 2. The Morgan fingerprint density at radius 2 is 1.77 bits per heavy atom. The molecule has 0 aliphatic heterocycles. The fourth-order valence-electron chi connectivity index (χ4n) is 3.21. The van der Waals surface area contributed by atoms with Crippen molar-refractivity contribution in [1.29, 1.82) is 0 Å². The first-order valence-corrected chi connectivity index (χ1v) is 12.7. The number of carbonyl (C=O) groups is 2. The summed E-state index contributed by atoms with van der Waals surface area (Å²) in [5, 5.41) is 13.9. The van der Waals surface area contributed by atoms with Crippen LogP contribution in [0.5, 0.6) is 0 Å². The van der Waals surface area contributed by atoms with Gasteiger partial charge >= 0.3 is 0 Å². The van der Waals surface area contributed by atoms with Crippen molar-refractivity contribution in [3.63, 3.8) is 0 Å². The maximum absolute atomic E-state index is 13.4. The fourth-order valence-corrected chi connectivity index (χ4v) is 4.05. The van der Waals surface area contributed by atoms with Gasteiger partial charge in [-0.2, -0.15) is 0 Å². The Bertz CT molecular complexity index is 1170. The molecule has 0 saturated carbocycles. The van der Waals surface area contributed by atoms with E-state index >= 15 is 0 Å². The molecule has 0 spiro atoms. The molecule has 0 bridgehead atoms. The van der Waals surface area contributed by atoms with E-state index < -0.39 is 45.2 Å². The van der Waals surface area contributed by atoms with Gasteiger partial charge in [0.05, 0.1) is 16.9 Å². The number of anilines is 1. The lowest BCUT2D eigenvalue weighted by molar-refractivity contribution is -0.384. The van der Waals surface area contributed by atoms with Gasteiger partial charge in [-0.1, -0.05) is 25.1 Å². The van der Waals surface area contributed by atoms with Gasteiger partial charge in [-0.15, -0.1) is 0 Å². The Morgan fingerprint density at radius 1 is 1.14 bits per heavy atom. The molecule has 0 saturated heterocycles. The molecule has 10 nitrogen and oxygen atoms in total. The number of sulfonamides is 1. The summed E-state index contributed by atoms with van der Waals surface area (Å²) >= 11 is 0. The molecule has 2 rings (SSSR count). The zero-order valence-corrected chi connectivity index (χ0v) is 20.8. The molecule has 0 fully saturated rings. The van der Waals surface area contributed by atoms with E-state index in [1.165, 1.54) is 54.3 Å². The summed E-state index contributed by atoms with van der Waals surface area (Å²) < 4.78 is 39.2. The summed E-state index contributed by atoms with van der Waals surface area (Å²) in [7, 11) is -4.02. The molecular weight excluding hydrogens is 479 g/mol. The quantitative estimate of drug-likeness (QED) is 0.367. The van der Waals surface area contributed by atoms with Gasteiger partial charge in [-0.25, -0.2) is 12.8 Å². The van der Waals surface area contributed by atoms with Crippen molar-refractivity contribution in [3.8, 4) is 0 Å². The van der Waals surface area contributed by atoms with Crippen LogP contribution in [-0.2, 0) is 26.2 Å². The highest BCUT2D eigenvalue weighted by Crippen LogP contribution is 2.24. The normalized spacial score (nSPS) is 12.9. The summed E-state index contributed by atoms with van der Waals surface area (Å²) in [6.45, 7) is 4.44. The van der Waals surface area contributed by atoms with Gasteiger partial charge in [0, 0.05) is 24.7 Å². The number of non-ortho nitro benzene ring substituents is 1. The summed E-state index contributed by atoms with van der Waals surface area (Å²) in [5.74, 6) is -1.61. The Labute approximate surface area is 203 Å². The van der Waals surface area contributed by atoms with Crippen LogP contribution < -0.4 is 9.62 Å². The van der Waals surface area contributed by atoms with Crippen molar-refractivity contribution in [3.05, 3.63) is 70.0 Å². The lowest BCUT2D eigenvalue weighted by Crippen LogP contribution is -2.52. The van der Waals surface area contributed by atoms with Gasteiger partial charge in [0.2, 0.25) is 21.8 Å². The summed E-state index contributed by atoms with van der Waals surface area (Å²) in [5.41, 5.74) is 0.130. The van der Waals surface area contributed by atoms with Gasteiger partial charge in [0.1, 0.15) is 18.4 Å². The van der Waals surface area contributed by atoms with Crippen LogP contribution in [0.25, 0.3) is 0 Å². The second-order valence-electron chi connectivity index (χ2n) is 8.19. The van der Waals surface area contributed by atoms with E-state index in [2.05, 4.69) is 5.32 Å². The molecule has 1 N–H and O–H groups in total. The van der Waals surface area contributed by atoms with Crippen LogP contribution in [0, 0.1) is 15.9 Å². The molecule has 0 radical (unpaired) electrons. The first-order chi connectivity index (χ1) is 16.3. The Hall–Kier alpha value is -3.54. The molecule has 2 aromatic rings. The third kappa shape index (κ3) is 7.74. The Kier molecular flexibility index (Phi) is 9.29. The summed E-state index contributed by atoms with van der Waals surface area (Å²) in [6.07, 6.45) is 1.54. The number of amides is 2. The average molecular weight is 509 g/mol. The summed E-state index contributed by atoms with van der Waals surface area (Å²) in [4.78, 5) is 37.9. The van der Waals surface area contributed by atoms with E-state index in [9.17, 15) is 32.5 Å². The zero-order valence-electron chi connectivity index (χ0n) is 20.0. The minimum atomic E-state index is -4.02. The number of nitro groups is 1. The van der Waals surface area contributed by atoms with Crippen molar-refractivity contribution in [2.24, 2.45) is 0 Å². The SMILES string of the molecule is CC[C@@H](C)NC(=O)[C@@H](C)N(Cc1ccc(F)cc1)C(=O)CN(c1cccc([N+](=O)[O-])c1)S(C)(=O)=O. The second kappa shape index (κ2) is 11.7. The molecule has 0 heterocycles. The zero-order chi connectivity index (χ0) is 26.3. The van der Waals surface area contributed by atoms with E-state index in [1.807, 2.05) is 13.8 Å². The lowest BCUT2D eigenvalue weighted by atomic mass is 10.1. The lowest BCUT2D eigenvalue weighted by Gasteiger charge is -2.32. The van der Waals surface area contributed by atoms with E-state index in [0.29, 0.717) is 12.0 Å². The summed E-state index contributed by atoms with van der Waals surface area (Å²) in [6, 6.07) is 9.14. The first-order valence-electron chi connectivity index (χ1n) is 10.9. The molecule has 0 unspecified atom stereocenters. The third-order valence-electron chi connectivity index (χ3n) is 5.44. The molecule has 35 heavy (non-hydrogen) atoms. The van der Waals surface area contributed by atoms with Gasteiger partial charge in [0.15, 0.2) is 0 Å². The number of hydrogen-bond acceptors (Lipinski definition) is 6. The smallest absolute Gasteiger partial charge is 0.271 e. The van der Waals surface area contributed by atoms with Crippen molar-refractivity contribution >= 4 is 33.2 Å². The molecule has 0 aliphatic rings. The second-order valence-corrected chi connectivity index (χ2v) is 10.1. The molecule has 0 aromatic heterocycles. The van der Waals surface area contributed by atoms with Gasteiger partial charge < -0.3 is 10.2 Å². The molecule has 190 valence electrons. The minimum absolute atomic E-state index is 0.0616. The van der Waals surface area contributed by atoms with Crippen LogP contribution in [0.15, 0.2) is 48.5 Å². The number of nitrogens with zero attached hydrogens (tertiary/aromatic N) is 3. The number of rotatable bonds is 11. The Balaban J connectivity index is 2.41. The van der Waals surface area contributed by atoms with Crippen molar-refractivity contribution < 1.29 is 27.3 Å². The molecular formula is C23H29FN4O6S. The van der Waals surface area contributed by atoms with Crippen LogP contribution in [0.2, 0.25) is 0 Å². The van der Waals surface area contributed by atoms with Gasteiger partial charge in [0.25, 0.3) is 5.69 Å². The number of nitro benzene ring substituents is 1. The van der Waals surface area contributed by atoms with Crippen LogP contribution in [0.4, 0.5) is 15.8 Å². The Morgan fingerprint density at radius 3 is 2.31 bits per heavy atom. The largest absolute Gasteiger partial charge is 0.352 e. The predicted octanol–water partition coefficient (Wildman–Crippen LogP) is 2.83. The molecule has 2 atom stereocenters. The highest BCUT2D eigenvalue weighted by Gasteiger charge is 2.30. The van der Waals surface area contributed by atoms with Crippen molar-refractivity contribution in [1.82, 2.24) is 10.2 Å². The van der Waals surface area contributed by atoms with Crippen LogP contribution in [-0.4, -0.2) is 54.9 Å². The standard InChI is InChI=1S/C23H29FN4O6S/c1-5-16(2)25-23(30)17(3)26(14-18-9-11-19(24)12-10-18)22(29)15-27(35(4,33)34)20-7-6-8-21(13-20)28(31)32/h6-13,16-17H,5,14-15H2,1-4H3,(H,25,30)/t16-,17-/m1/s1. The predicted molar refractivity (Wildman–Crippen MR) is 130 cm³/mol.